The van der Waals surface area contributed by atoms with Crippen molar-refractivity contribution in [1.29, 1.82) is 0 Å². The third kappa shape index (κ3) is 4.31. The van der Waals surface area contributed by atoms with E-state index in [1.807, 2.05) is 24.5 Å². The lowest BCUT2D eigenvalue weighted by Crippen LogP contribution is -2.55. The molecule has 1 aromatic rings. The fourth-order valence-electron chi connectivity index (χ4n) is 5.67. The number of hydrogen-bond donors (Lipinski definition) is 1. The summed E-state index contributed by atoms with van der Waals surface area (Å²) in [6.45, 7) is 11.5. The maximum Gasteiger partial charge on any atom is 0.326 e. The molecule has 0 bridgehead atoms. The topological polar surface area (TPSA) is 68.8 Å². The van der Waals surface area contributed by atoms with E-state index in [2.05, 4.69) is 40.9 Å². The van der Waals surface area contributed by atoms with Gasteiger partial charge in [-0.2, -0.15) is 0 Å². The fraction of sp³-hybridized carbons (Fsp3) is 0.682. The molecule has 1 N–H and O–H groups in total. The van der Waals surface area contributed by atoms with E-state index in [9.17, 15) is 9.59 Å². The Balaban J connectivity index is 1.34. The van der Waals surface area contributed by atoms with Crippen LogP contribution in [0.1, 0.15) is 45.6 Å². The van der Waals surface area contributed by atoms with Gasteiger partial charge in [-0.3, -0.25) is 19.6 Å². The number of amides is 3. The molecule has 7 heteroatoms. The molecule has 2 atom stereocenters. The molecule has 3 heterocycles. The summed E-state index contributed by atoms with van der Waals surface area (Å²) < 4.78 is 0. The summed E-state index contributed by atoms with van der Waals surface area (Å²) in [7, 11) is 0. The Labute approximate surface area is 173 Å². The van der Waals surface area contributed by atoms with Crippen molar-refractivity contribution in [3.05, 3.63) is 30.1 Å². The Morgan fingerprint density at radius 2 is 1.72 bits per heavy atom. The minimum Gasteiger partial charge on any atom is -0.323 e. The molecule has 29 heavy (non-hydrogen) atoms. The van der Waals surface area contributed by atoms with Crippen molar-refractivity contribution < 1.29 is 9.59 Å². The quantitative estimate of drug-likeness (QED) is 0.787. The van der Waals surface area contributed by atoms with Crippen molar-refractivity contribution in [3.8, 4) is 0 Å². The number of pyridine rings is 1. The van der Waals surface area contributed by atoms with Crippen LogP contribution in [-0.2, 0) is 11.3 Å². The van der Waals surface area contributed by atoms with Gasteiger partial charge >= 0.3 is 6.03 Å². The number of carbonyl (C=O) groups is 2. The SMILES string of the molecule is C[C@H]1CC(C)(C)C[C@]2(C1)NC(=O)N(CN1CCN(Cc3ccncc3)CC1)C2=O. The first-order valence-electron chi connectivity index (χ1n) is 10.7. The zero-order valence-corrected chi connectivity index (χ0v) is 17.9. The van der Waals surface area contributed by atoms with Crippen LogP contribution in [0.3, 0.4) is 0 Å². The number of rotatable bonds is 4. The zero-order chi connectivity index (χ0) is 20.6. The maximum atomic E-state index is 13.3. The standard InChI is InChI=1S/C22H33N5O2/c1-17-12-21(2,3)15-22(13-17)19(28)27(20(29)24-22)16-26-10-8-25(9-11-26)14-18-4-6-23-7-5-18/h4-7,17H,8-16H2,1-3H3,(H,24,29)/t17-,22-/m0/s1. The summed E-state index contributed by atoms with van der Waals surface area (Å²) in [5.41, 5.74) is 0.620. The highest BCUT2D eigenvalue weighted by molar-refractivity contribution is 6.07. The Hall–Kier alpha value is -1.99. The van der Waals surface area contributed by atoms with Crippen molar-refractivity contribution in [3.63, 3.8) is 0 Å². The average molecular weight is 400 g/mol. The molecule has 3 aliphatic rings. The van der Waals surface area contributed by atoms with E-state index in [0.717, 1.165) is 52.0 Å². The maximum absolute atomic E-state index is 13.3. The van der Waals surface area contributed by atoms with Gasteiger partial charge in [-0.25, -0.2) is 9.69 Å². The molecule has 1 spiro atoms. The monoisotopic (exact) mass is 399 g/mol. The molecule has 3 fully saturated rings. The smallest absolute Gasteiger partial charge is 0.323 e. The van der Waals surface area contributed by atoms with E-state index < -0.39 is 5.54 Å². The van der Waals surface area contributed by atoms with Gasteiger partial charge in [0, 0.05) is 45.1 Å². The first kappa shape index (κ1) is 20.3. The van der Waals surface area contributed by atoms with Crippen LogP contribution in [0.15, 0.2) is 24.5 Å². The Kier molecular flexibility index (Phi) is 5.38. The first-order valence-corrected chi connectivity index (χ1v) is 10.7. The molecule has 2 saturated heterocycles. The van der Waals surface area contributed by atoms with Crippen LogP contribution in [0.5, 0.6) is 0 Å². The van der Waals surface area contributed by atoms with Crippen LogP contribution in [0.4, 0.5) is 4.79 Å². The number of nitrogens with zero attached hydrogens (tertiary/aromatic N) is 4. The highest BCUT2D eigenvalue weighted by Crippen LogP contribution is 2.46. The van der Waals surface area contributed by atoms with E-state index in [1.165, 1.54) is 10.5 Å². The summed E-state index contributed by atoms with van der Waals surface area (Å²) in [4.78, 5) is 36.2. The van der Waals surface area contributed by atoms with Gasteiger partial charge in [0.05, 0.1) is 6.67 Å². The fourth-order valence-corrected chi connectivity index (χ4v) is 5.67. The van der Waals surface area contributed by atoms with Gasteiger partial charge in [0.25, 0.3) is 5.91 Å². The van der Waals surface area contributed by atoms with Crippen LogP contribution in [0.2, 0.25) is 0 Å². The zero-order valence-electron chi connectivity index (χ0n) is 17.9. The Morgan fingerprint density at radius 1 is 1.07 bits per heavy atom. The third-order valence-corrected chi connectivity index (χ3v) is 6.59. The van der Waals surface area contributed by atoms with Gasteiger partial charge in [0.1, 0.15) is 5.54 Å². The van der Waals surface area contributed by atoms with Gasteiger partial charge in [0.2, 0.25) is 0 Å². The lowest BCUT2D eigenvalue weighted by atomic mass is 9.64. The van der Waals surface area contributed by atoms with Crippen LogP contribution in [-0.4, -0.2) is 70.0 Å². The van der Waals surface area contributed by atoms with Gasteiger partial charge < -0.3 is 5.32 Å². The number of imide groups is 1. The lowest BCUT2D eigenvalue weighted by molar-refractivity contribution is -0.136. The summed E-state index contributed by atoms with van der Waals surface area (Å²) >= 11 is 0. The second-order valence-corrected chi connectivity index (χ2v) is 9.99. The van der Waals surface area contributed by atoms with Crippen molar-refractivity contribution in [2.75, 3.05) is 32.8 Å². The van der Waals surface area contributed by atoms with Gasteiger partial charge in [-0.15, -0.1) is 0 Å². The molecule has 2 aliphatic heterocycles. The molecule has 0 unspecified atom stereocenters. The van der Waals surface area contributed by atoms with Gasteiger partial charge in [0.15, 0.2) is 0 Å². The molecular formula is C22H33N5O2. The second kappa shape index (κ2) is 7.69. The molecule has 0 radical (unpaired) electrons. The molecule has 7 nitrogen and oxygen atoms in total. The third-order valence-electron chi connectivity index (χ3n) is 6.59. The summed E-state index contributed by atoms with van der Waals surface area (Å²) in [6, 6.07) is 3.87. The average Bonchev–Trinajstić information content (AvgIpc) is 2.86. The van der Waals surface area contributed by atoms with E-state index in [0.29, 0.717) is 12.6 Å². The second-order valence-electron chi connectivity index (χ2n) is 9.99. The summed E-state index contributed by atoms with van der Waals surface area (Å²) in [5, 5.41) is 3.08. The van der Waals surface area contributed by atoms with Crippen LogP contribution >= 0.6 is 0 Å². The van der Waals surface area contributed by atoms with Gasteiger partial charge in [-0.1, -0.05) is 20.8 Å². The summed E-state index contributed by atoms with van der Waals surface area (Å²) in [5.74, 6) is 0.404. The molecule has 1 aliphatic carbocycles. The number of urea groups is 1. The predicted molar refractivity (Wildman–Crippen MR) is 111 cm³/mol. The molecule has 158 valence electrons. The number of nitrogens with one attached hydrogen (secondary N) is 1. The number of aromatic nitrogens is 1. The van der Waals surface area contributed by atoms with Crippen LogP contribution < -0.4 is 5.32 Å². The first-order chi connectivity index (χ1) is 13.8. The summed E-state index contributed by atoms with van der Waals surface area (Å²) in [6.07, 6.45) is 6.22. The highest BCUT2D eigenvalue weighted by Gasteiger charge is 2.56. The van der Waals surface area contributed by atoms with Crippen molar-refractivity contribution in [2.45, 2.75) is 52.1 Å². The predicted octanol–water partition coefficient (Wildman–Crippen LogP) is 2.29. The molecule has 1 aromatic heterocycles. The largest absolute Gasteiger partial charge is 0.326 e. The number of carbonyl (C=O) groups excluding carboxylic acids is 2. The lowest BCUT2D eigenvalue weighted by Gasteiger charge is -2.44. The highest BCUT2D eigenvalue weighted by atomic mass is 16.2. The molecule has 0 aromatic carbocycles. The van der Waals surface area contributed by atoms with E-state index >= 15 is 0 Å². The van der Waals surface area contributed by atoms with Crippen molar-refractivity contribution >= 4 is 11.9 Å². The van der Waals surface area contributed by atoms with E-state index in [4.69, 9.17) is 0 Å². The van der Waals surface area contributed by atoms with Gasteiger partial charge in [-0.05, 0) is 48.3 Å². The van der Waals surface area contributed by atoms with Crippen LogP contribution in [0.25, 0.3) is 0 Å². The minimum atomic E-state index is -0.707. The van der Waals surface area contributed by atoms with Crippen molar-refractivity contribution in [1.82, 2.24) is 25.0 Å². The molecular weight excluding hydrogens is 366 g/mol. The minimum absolute atomic E-state index is 0.0265. The van der Waals surface area contributed by atoms with Crippen LogP contribution in [0, 0.1) is 11.3 Å². The number of hydrogen-bond acceptors (Lipinski definition) is 5. The molecule has 4 rings (SSSR count). The Morgan fingerprint density at radius 3 is 2.38 bits per heavy atom. The normalized spacial score (nSPS) is 30.7. The van der Waals surface area contributed by atoms with E-state index in [-0.39, 0.29) is 17.4 Å². The number of piperazine rings is 1. The Bertz CT molecular complexity index is 760. The van der Waals surface area contributed by atoms with Crippen molar-refractivity contribution in [2.24, 2.45) is 11.3 Å². The molecule has 3 amide bonds. The molecule has 1 saturated carbocycles. The van der Waals surface area contributed by atoms with E-state index in [1.54, 1.807) is 0 Å².